The molecule has 1 aromatic heterocycles. The highest BCUT2D eigenvalue weighted by Crippen LogP contribution is 2.20. The molecule has 5 nitrogen and oxygen atoms in total. The van der Waals surface area contributed by atoms with E-state index in [2.05, 4.69) is 32.5 Å². The standard InChI is InChI=1S/C22H27FN4O/c1-15(17-5-4-6-19(23)12-17)9-22(28)24-14-20(27(2)3)11-16-7-8-21-18(10-16)13-25-26-21/h4-8,10,12-13,15,20H,9,11,14H2,1-3H3,(H,24,28)(H,25,26). The minimum Gasteiger partial charge on any atom is -0.355 e. The van der Waals surface area contributed by atoms with Gasteiger partial charge in [-0.05, 0) is 61.8 Å². The fourth-order valence-corrected chi connectivity index (χ4v) is 3.34. The molecule has 0 saturated carbocycles. The van der Waals surface area contributed by atoms with Gasteiger partial charge in [0.15, 0.2) is 0 Å². The van der Waals surface area contributed by atoms with Crippen LogP contribution >= 0.6 is 0 Å². The molecule has 0 aliphatic carbocycles. The van der Waals surface area contributed by atoms with Crippen molar-refractivity contribution in [2.45, 2.75) is 31.7 Å². The maximum Gasteiger partial charge on any atom is 0.220 e. The molecule has 2 unspecified atom stereocenters. The van der Waals surface area contributed by atoms with Gasteiger partial charge in [-0.3, -0.25) is 9.89 Å². The molecule has 148 valence electrons. The molecule has 1 amide bonds. The van der Waals surface area contributed by atoms with E-state index >= 15 is 0 Å². The van der Waals surface area contributed by atoms with Gasteiger partial charge >= 0.3 is 0 Å². The van der Waals surface area contributed by atoms with Crippen molar-refractivity contribution in [2.75, 3.05) is 20.6 Å². The van der Waals surface area contributed by atoms with E-state index in [1.807, 2.05) is 39.3 Å². The first-order valence-electron chi connectivity index (χ1n) is 9.53. The van der Waals surface area contributed by atoms with Crippen LogP contribution in [0, 0.1) is 5.82 Å². The van der Waals surface area contributed by atoms with E-state index in [1.54, 1.807) is 6.07 Å². The molecule has 0 radical (unpaired) electrons. The molecule has 28 heavy (non-hydrogen) atoms. The summed E-state index contributed by atoms with van der Waals surface area (Å²) < 4.78 is 13.4. The van der Waals surface area contributed by atoms with Crippen LogP contribution in [0.3, 0.4) is 0 Å². The van der Waals surface area contributed by atoms with E-state index in [4.69, 9.17) is 0 Å². The van der Waals surface area contributed by atoms with Gasteiger partial charge in [0.1, 0.15) is 5.82 Å². The number of aromatic amines is 1. The zero-order valence-corrected chi connectivity index (χ0v) is 16.6. The molecular weight excluding hydrogens is 355 g/mol. The molecular formula is C22H27FN4O. The maximum atomic E-state index is 13.4. The largest absolute Gasteiger partial charge is 0.355 e. The van der Waals surface area contributed by atoms with Gasteiger partial charge in [0.25, 0.3) is 0 Å². The number of nitrogens with zero attached hydrogens (tertiary/aromatic N) is 2. The molecule has 0 aliphatic rings. The lowest BCUT2D eigenvalue weighted by atomic mass is 9.97. The van der Waals surface area contributed by atoms with Crippen molar-refractivity contribution in [2.24, 2.45) is 0 Å². The zero-order valence-electron chi connectivity index (χ0n) is 16.6. The summed E-state index contributed by atoms with van der Waals surface area (Å²) in [5.74, 6) is -0.321. The second-order valence-corrected chi connectivity index (χ2v) is 7.58. The van der Waals surface area contributed by atoms with Gasteiger partial charge in [-0.25, -0.2) is 4.39 Å². The molecule has 3 rings (SSSR count). The van der Waals surface area contributed by atoms with Gasteiger partial charge in [-0.1, -0.05) is 25.1 Å². The van der Waals surface area contributed by atoms with Crippen molar-refractivity contribution in [3.05, 3.63) is 65.6 Å². The lowest BCUT2D eigenvalue weighted by Crippen LogP contribution is -2.41. The van der Waals surface area contributed by atoms with Crippen LogP contribution in [0.1, 0.15) is 30.4 Å². The number of fused-ring (bicyclic) bond motifs is 1. The second-order valence-electron chi connectivity index (χ2n) is 7.58. The van der Waals surface area contributed by atoms with Crippen LogP contribution in [0.25, 0.3) is 10.9 Å². The SMILES string of the molecule is CC(CC(=O)NCC(Cc1ccc2[nH]ncc2c1)N(C)C)c1cccc(F)c1. The van der Waals surface area contributed by atoms with Gasteiger partial charge in [0.2, 0.25) is 5.91 Å². The van der Waals surface area contributed by atoms with Crippen LogP contribution in [-0.4, -0.2) is 47.7 Å². The molecule has 2 atom stereocenters. The van der Waals surface area contributed by atoms with Crippen molar-refractivity contribution >= 4 is 16.8 Å². The summed E-state index contributed by atoms with van der Waals surface area (Å²) in [5.41, 5.74) is 3.06. The quantitative estimate of drug-likeness (QED) is 0.627. The van der Waals surface area contributed by atoms with E-state index in [-0.39, 0.29) is 23.7 Å². The number of rotatable bonds is 8. The van der Waals surface area contributed by atoms with E-state index in [9.17, 15) is 9.18 Å². The van der Waals surface area contributed by atoms with Gasteiger partial charge < -0.3 is 10.2 Å². The lowest BCUT2D eigenvalue weighted by Gasteiger charge is -2.25. The third kappa shape index (κ3) is 5.16. The smallest absolute Gasteiger partial charge is 0.220 e. The number of halogens is 1. The van der Waals surface area contributed by atoms with E-state index in [0.717, 1.165) is 22.9 Å². The van der Waals surface area contributed by atoms with Gasteiger partial charge in [0.05, 0.1) is 11.7 Å². The predicted molar refractivity (Wildman–Crippen MR) is 110 cm³/mol. The summed E-state index contributed by atoms with van der Waals surface area (Å²) in [7, 11) is 4.03. The highest BCUT2D eigenvalue weighted by atomic mass is 19.1. The van der Waals surface area contributed by atoms with Crippen molar-refractivity contribution in [1.82, 2.24) is 20.4 Å². The Labute approximate surface area is 164 Å². The fraction of sp³-hybridized carbons (Fsp3) is 0.364. The molecule has 6 heteroatoms. The third-order valence-electron chi connectivity index (χ3n) is 5.15. The number of benzene rings is 2. The third-order valence-corrected chi connectivity index (χ3v) is 5.15. The van der Waals surface area contributed by atoms with Crippen LogP contribution in [0.5, 0.6) is 0 Å². The average molecular weight is 382 g/mol. The minimum atomic E-state index is -0.271. The first-order valence-corrected chi connectivity index (χ1v) is 9.53. The number of H-pyrrole nitrogens is 1. The molecule has 3 aromatic rings. The van der Waals surface area contributed by atoms with E-state index in [0.29, 0.717) is 13.0 Å². The average Bonchev–Trinajstić information content (AvgIpc) is 3.12. The highest BCUT2D eigenvalue weighted by Gasteiger charge is 2.16. The highest BCUT2D eigenvalue weighted by molar-refractivity contribution is 5.78. The summed E-state index contributed by atoms with van der Waals surface area (Å²) in [6.45, 7) is 2.50. The fourth-order valence-electron chi connectivity index (χ4n) is 3.34. The minimum absolute atomic E-state index is 0.0195. The Morgan fingerprint density at radius 1 is 1.25 bits per heavy atom. The summed E-state index contributed by atoms with van der Waals surface area (Å²) in [6.07, 6.45) is 2.98. The molecule has 0 spiro atoms. The number of nitrogens with one attached hydrogen (secondary N) is 2. The molecule has 1 heterocycles. The van der Waals surface area contributed by atoms with Crippen LogP contribution in [0.2, 0.25) is 0 Å². The van der Waals surface area contributed by atoms with Crippen molar-refractivity contribution in [1.29, 1.82) is 0 Å². The molecule has 0 saturated heterocycles. The Morgan fingerprint density at radius 3 is 2.82 bits per heavy atom. The number of carbonyl (C=O) groups is 1. The second kappa shape index (κ2) is 8.97. The van der Waals surface area contributed by atoms with Crippen molar-refractivity contribution < 1.29 is 9.18 Å². The van der Waals surface area contributed by atoms with E-state index in [1.165, 1.54) is 17.7 Å². The molecule has 2 N–H and O–H groups in total. The van der Waals surface area contributed by atoms with Crippen molar-refractivity contribution in [3.63, 3.8) is 0 Å². The molecule has 0 aliphatic heterocycles. The van der Waals surface area contributed by atoms with Crippen LogP contribution in [-0.2, 0) is 11.2 Å². The number of likely N-dealkylation sites (N-methyl/N-ethyl adjacent to an activating group) is 1. The van der Waals surface area contributed by atoms with Crippen LogP contribution in [0.4, 0.5) is 4.39 Å². The summed E-state index contributed by atoms with van der Waals surface area (Å²) >= 11 is 0. The Bertz CT molecular complexity index is 937. The Morgan fingerprint density at radius 2 is 2.07 bits per heavy atom. The number of hydrogen-bond acceptors (Lipinski definition) is 3. The number of aromatic nitrogens is 2. The van der Waals surface area contributed by atoms with Gasteiger partial charge in [0, 0.05) is 24.4 Å². The maximum absolute atomic E-state index is 13.4. The first kappa shape index (κ1) is 20.0. The van der Waals surface area contributed by atoms with Gasteiger partial charge in [-0.2, -0.15) is 5.10 Å². The monoisotopic (exact) mass is 382 g/mol. The zero-order chi connectivity index (χ0) is 20.1. The summed E-state index contributed by atoms with van der Waals surface area (Å²) in [6, 6.07) is 12.9. The number of hydrogen-bond donors (Lipinski definition) is 2. The van der Waals surface area contributed by atoms with E-state index < -0.39 is 0 Å². The Kier molecular flexibility index (Phi) is 6.41. The number of amides is 1. The Balaban J connectivity index is 1.55. The van der Waals surface area contributed by atoms with Crippen LogP contribution in [0.15, 0.2) is 48.7 Å². The molecule has 0 fully saturated rings. The van der Waals surface area contributed by atoms with Crippen molar-refractivity contribution in [3.8, 4) is 0 Å². The normalized spacial score (nSPS) is 13.6. The van der Waals surface area contributed by atoms with Gasteiger partial charge in [-0.15, -0.1) is 0 Å². The molecule has 0 bridgehead atoms. The van der Waals surface area contributed by atoms with Crippen LogP contribution < -0.4 is 5.32 Å². The summed E-state index contributed by atoms with van der Waals surface area (Å²) in [4.78, 5) is 14.5. The first-order chi connectivity index (χ1) is 13.4. The Hall–Kier alpha value is -2.73. The topological polar surface area (TPSA) is 61.0 Å². The lowest BCUT2D eigenvalue weighted by molar-refractivity contribution is -0.121. The predicted octanol–water partition coefficient (Wildman–Crippen LogP) is 3.48. The number of carbonyl (C=O) groups excluding carboxylic acids is 1. The summed E-state index contributed by atoms with van der Waals surface area (Å²) in [5, 5.41) is 11.1. The molecule has 2 aromatic carbocycles.